The summed E-state index contributed by atoms with van der Waals surface area (Å²) in [5.74, 6) is 0. The molecule has 0 aromatic rings. The third kappa shape index (κ3) is 1.83. The summed E-state index contributed by atoms with van der Waals surface area (Å²) in [5, 5.41) is 5.03. The molecule has 2 rings (SSSR count). The molecule has 0 saturated heterocycles. The molecule has 0 radical (unpaired) electrons. The molecule has 8 heteroatoms. The van der Waals surface area contributed by atoms with Crippen molar-refractivity contribution in [1.82, 2.24) is 0 Å². The Bertz CT molecular complexity index is 597. The number of sulfonamides is 1. The topological polar surface area (TPSA) is 94.3 Å². The van der Waals surface area contributed by atoms with E-state index in [0.29, 0.717) is 12.0 Å². The van der Waals surface area contributed by atoms with Crippen molar-refractivity contribution in [2.24, 2.45) is 5.14 Å². The van der Waals surface area contributed by atoms with Gasteiger partial charge < -0.3 is 0 Å². The summed E-state index contributed by atoms with van der Waals surface area (Å²) in [7, 11) is -7.14. The SMILES string of the molecule is CC1=CCC2=C(SC(S(N)(=O)=O)C2)S1(=O)=O. The van der Waals surface area contributed by atoms with Crippen LogP contribution in [0.5, 0.6) is 0 Å². The Kier molecular flexibility index (Phi) is 2.73. The van der Waals surface area contributed by atoms with Gasteiger partial charge in [0.25, 0.3) is 0 Å². The Hall–Kier alpha value is -0.310. The third-order valence-electron chi connectivity index (χ3n) is 2.61. The van der Waals surface area contributed by atoms with Gasteiger partial charge in [0, 0.05) is 4.91 Å². The molecule has 0 fully saturated rings. The number of thioether (sulfide) groups is 1. The van der Waals surface area contributed by atoms with Gasteiger partial charge in [-0.25, -0.2) is 22.0 Å². The van der Waals surface area contributed by atoms with Crippen molar-refractivity contribution in [2.45, 2.75) is 24.3 Å². The highest BCUT2D eigenvalue weighted by molar-refractivity contribution is 8.25. The van der Waals surface area contributed by atoms with E-state index in [1.165, 1.54) is 6.92 Å². The molecule has 2 aliphatic heterocycles. The van der Waals surface area contributed by atoms with Crippen LogP contribution >= 0.6 is 11.8 Å². The average molecular weight is 281 g/mol. The summed E-state index contributed by atoms with van der Waals surface area (Å²) < 4.78 is 45.5. The van der Waals surface area contributed by atoms with Gasteiger partial charge in [-0.15, -0.1) is 0 Å². The van der Waals surface area contributed by atoms with E-state index in [4.69, 9.17) is 5.14 Å². The molecular formula is C8H11NO4S3. The largest absolute Gasteiger partial charge is 0.228 e. The number of hydrogen-bond donors (Lipinski definition) is 1. The fourth-order valence-electron chi connectivity index (χ4n) is 1.65. The smallest absolute Gasteiger partial charge is 0.222 e. The quantitative estimate of drug-likeness (QED) is 0.762. The number of sulfone groups is 1. The summed E-state index contributed by atoms with van der Waals surface area (Å²) in [6.07, 6.45) is 2.32. The molecule has 0 bridgehead atoms. The zero-order valence-corrected chi connectivity index (χ0v) is 11.0. The Labute approximate surface area is 98.8 Å². The normalized spacial score (nSPS) is 28.9. The molecule has 2 aliphatic rings. The van der Waals surface area contributed by atoms with Gasteiger partial charge in [0.1, 0.15) is 8.82 Å². The maximum absolute atomic E-state index is 11.9. The first-order valence-electron chi connectivity index (χ1n) is 4.55. The predicted octanol–water partition coefficient (Wildman–Crippen LogP) is 0.672. The van der Waals surface area contributed by atoms with Crippen molar-refractivity contribution in [3.8, 4) is 0 Å². The van der Waals surface area contributed by atoms with Crippen molar-refractivity contribution in [2.75, 3.05) is 0 Å². The summed E-state index contributed by atoms with van der Waals surface area (Å²) >= 11 is 0.850. The Morgan fingerprint density at radius 3 is 2.69 bits per heavy atom. The van der Waals surface area contributed by atoms with Gasteiger partial charge in [-0.1, -0.05) is 17.8 Å². The Morgan fingerprint density at radius 2 is 2.12 bits per heavy atom. The minimum absolute atomic E-state index is 0.187. The van der Waals surface area contributed by atoms with Gasteiger partial charge >= 0.3 is 0 Å². The summed E-state index contributed by atoms with van der Waals surface area (Å²) in [4.78, 5) is 0.286. The van der Waals surface area contributed by atoms with Gasteiger partial charge in [-0.2, -0.15) is 0 Å². The van der Waals surface area contributed by atoms with E-state index in [9.17, 15) is 16.8 Å². The van der Waals surface area contributed by atoms with E-state index in [1.54, 1.807) is 6.08 Å². The molecule has 0 saturated carbocycles. The maximum atomic E-state index is 11.9. The third-order valence-corrected chi connectivity index (χ3v) is 8.27. The molecule has 5 nitrogen and oxygen atoms in total. The van der Waals surface area contributed by atoms with Crippen LogP contribution in [0.25, 0.3) is 0 Å². The molecular weight excluding hydrogens is 270 g/mol. The number of rotatable bonds is 1. The van der Waals surface area contributed by atoms with Crippen LogP contribution in [0.3, 0.4) is 0 Å². The van der Waals surface area contributed by atoms with Gasteiger partial charge in [0.2, 0.25) is 19.9 Å². The van der Waals surface area contributed by atoms with Crippen LogP contribution in [-0.2, 0) is 19.9 Å². The van der Waals surface area contributed by atoms with Crippen LogP contribution < -0.4 is 5.14 Å². The van der Waals surface area contributed by atoms with E-state index in [-0.39, 0.29) is 15.6 Å². The first-order chi connectivity index (χ1) is 7.23. The van der Waals surface area contributed by atoms with Crippen molar-refractivity contribution >= 4 is 31.6 Å². The molecule has 0 aromatic carbocycles. The van der Waals surface area contributed by atoms with Gasteiger partial charge in [-0.05, 0) is 25.3 Å². The lowest BCUT2D eigenvalue weighted by Crippen LogP contribution is -2.24. The highest BCUT2D eigenvalue weighted by atomic mass is 32.3. The number of hydrogen-bond acceptors (Lipinski definition) is 5. The van der Waals surface area contributed by atoms with E-state index in [2.05, 4.69) is 0 Å². The second-order valence-corrected chi connectivity index (χ2v) is 9.33. The van der Waals surface area contributed by atoms with Gasteiger partial charge in [0.05, 0.1) is 0 Å². The molecule has 0 spiro atoms. The lowest BCUT2D eigenvalue weighted by atomic mass is 10.1. The molecule has 16 heavy (non-hydrogen) atoms. The van der Waals surface area contributed by atoms with Gasteiger partial charge in [-0.3, -0.25) is 0 Å². The summed E-state index contributed by atoms with van der Waals surface area (Å²) in [6, 6.07) is 0. The van der Waals surface area contributed by atoms with E-state index in [1.807, 2.05) is 0 Å². The van der Waals surface area contributed by atoms with Crippen LogP contribution in [-0.4, -0.2) is 21.4 Å². The van der Waals surface area contributed by atoms with E-state index >= 15 is 0 Å². The summed E-state index contributed by atoms with van der Waals surface area (Å²) in [5.41, 5.74) is 0.662. The predicted molar refractivity (Wildman–Crippen MR) is 63.4 cm³/mol. The molecule has 0 aromatic heterocycles. The molecule has 0 amide bonds. The highest BCUT2D eigenvalue weighted by Gasteiger charge is 2.40. The Morgan fingerprint density at radius 1 is 1.50 bits per heavy atom. The zero-order valence-electron chi connectivity index (χ0n) is 8.50. The second kappa shape index (κ2) is 3.59. The average Bonchev–Trinajstić information content (AvgIpc) is 2.56. The van der Waals surface area contributed by atoms with Crippen molar-refractivity contribution in [3.63, 3.8) is 0 Å². The Balaban J connectivity index is 2.40. The van der Waals surface area contributed by atoms with Crippen molar-refractivity contribution in [1.29, 1.82) is 0 Å². The minimum atomic E-state index is -3.69. The van der Waals surface area contributed by atoms with E-state index in [0.717, 1.165) is 11.8 Å². The standard InChI is InChI=1S/C8H11NO4S3/c1-5-2-3-6-4-7(16(9,12)13)14-8(6)15(5,10)11/h2,7H,3-4H2,1H3,(H2,9,12,13). The maximum Gasteiger partial charge on any atom is 0.222 e. The number of primary sulfonamides is 1. The first-order valence-corrected chi connectivity index (χ1v) is 8.52. The van der Waals surface area contributed by atoms with Crippen LogP contribution in [0.15, 0.2) is 20.8 Å². The highest BCUT2D eigenvalue weighted by Crippen LogP contribution is 2.47. The second-order valence-electron chi connectivity index (χ2n) is 3.75. The number of nitrogens with two attached hydrogens (primary N) is 1. The molecule has 1 atom stereocenters. The molecule has 2 N–H and O–H groups in total. The fraction of sp³-hybridized carbons (Fsp3) is 0.500. The minimum Gasteiger partial charge on any atom is -0.228 e. The fourth-order valence-corrected chi connectivity index (χ4v) is 6.34. The van der Waals surface area contributed by atoms with Crippen molar-refractivity contribution < 1.29 is 16.8 Å². The molecule has 90 valence electrons. The van der Waals surface area contributed by atoms with Crippen molar-refractivity contribution in [3.05, 3.63) is 20.8 Å². The van der Waals surface area contributed by atoms with Crippen LogP contribution in [0.2, 0.25) is 0 Å². The monoisotopic (exact) mass is 281 g/mol. The first kappa shape index (κ1) is 12.2. The number of allylic oxidation sites excluding steroid dienone is 3. The summed E-state index contributed by atoms with van der Waals surface area (Å²) in [6.45, 7) is 1.52. The lowest BCUT2D eigenvalue weighted by molar-refractivity contribution is 0.593. The molecule has 0 aliphatic carbocycles. The van der Waals surface area contributed by atoms with E-state index < -0.39 is 24.4 Å². The van der Waals surface area contributed by atoms with Gasteiger partial charge in [0.15, 0.2) is 0 Å². The molecule has 2 heterocycles. The molecule has 1 unspecified atom stereocenters. The zero-order chi connectivity index (χ0) is 12.1. The lowest BCUT2D eigenvalue weighted by Gasteiger charge is -2.12. The van der Waals surface area contributed by atoms with Crippen LogP contribution in [0.4, 0.5) is 0 Å². The van der Waals surface area contributed by atoms with Crippen LogP contribution in [0, 0.1) is 0 Å². The van der Waals surface area contributed by atoms with Crippen LogP contribution in [0.1, 0.15) is 19.8 Å².